The fourth-order valence-corrected chi connectivity index (χ4v) is 17.0. The van der Waals surface area contributed by atoms with Crippen molar-refractivity contribution < 1.29 is 73.0 Å². The smallest absolute Gasteiger partial charge is 0.446 e. The summed E-state index contributed by atoms with van der Waals surface area (Å²) in [6.45, 7) is 18.3. The number of halogens is 3. The number of nitrogen functional groups attached to an aromatic ring is 1. The predicted molar refractivity (Wildman–Crippen MR) is 358 cm³/mol. The number of nitrogens with two attached hydrogens (primary N) is 1. The van der Waals surface area contributed by atoms with Crippen LogP contribution in [-0.2, 0) is 50.1 Å². The van der Waals surface area contributed by atoms with Gasteiger partial charge in [0.1, 0.15) is 17.0 Å². The van der Waals surface area contributed by atoms with Crippen LogP contribution in [0, 0.1) is 16.2 Å². The third-order valence-corrected chi connectivity index (χ3v) is 23.1. The van der Waals surface area contributed by atoms with Crippen molar-refractivity contribution in [2.24, 2.45) is 16.2 Å². The summed E-state index contributed by atoms with van der Waals surface area (Å²) in [6.07, 6.45) is 9.93. The van der Waals surface area contributed by atoms with E-state index in [1.807, 2.05) is 41.5 Å². The maximum absolute atomic E-state index is 14.2. The standard InChI is InChI=1S/C50H56F3N7O13S3.C19H33N/c51-50(52,53)75(67,68)42-30-38(76(69,70)58-45(62)33-11-13-34(54)14-12-33)15-16-40(42)56-35(31-74-37-8-2-1-3-9-37)19-23-59-24-20-36(21-25-59)73-49(66)55-22-27-72-29-28-71-26-5-7-32-6-4-10-39-44(32)48(65)60(47(39)64)41-17-18-43(61)57-46(41)63;1-6-20(7-2)11-15-8-9-17(3,4)10-16(15)19-12-18(5,13-19)14-19/h1-4,6,8-16,30,35-36,41,56H,5,7,17-29,31,54H2,(H,55,66)(H,58,62)(H,57,61,63);6-14H2,1-5H3/t35-,41?;/m1./s1. The molecule has 21 nitrogen and oxygen atoms in total. The highest BCUT2D eigenvalue weighted by Gasteiger charge is 2.67. The highest BCUT2D eigenvalue weighted by atomic mass is 32.2. The number of likely N-dealkylation sites (N-methyl/N-ethyl adjacent to an activating group) is 1. The van der Waals surface area contributed by atoms with E-state index in [-0.39, 0.29) is 67.3 Å². The fraction of sp³-hybridized carbons (Fsp3) is 0.536. The van der Waals surface area contributed by atoms with Gasteiger partial charge >= 0.3 is 11.6 Å². The average molecular weight is 1390 g/mol. The summed E-state index contributed by atoms with van der Waals surface area (Å²) >= 11 is 1.38. The van der Waals surface area contributed by atoms with Crippen molar-refractivity contribution in [1.82, 2.24) is 30.1 Å². The Bertz CT molecular complexity index is 3730. The number of hydrogen-bond acceptors (Lipinski definition) is 18. The minimum atomic E-state index is -6.13. The van der Waals surface area contributed by atoms with Crippen LogP contribution in [0.3, 0.4) is 0 Å². The van der Waals surface area contributed by atoms with Gasteiger partial charge in [0.25, 0.3) is 37.6 Å². The lowest BCUT2D eigenvalue weighted by atomic mass is 9.33. The number of alkyl carbamates (subject to hydrolysis) is 1. The normalized spacial score (nSPS) is 21.5. The minimum absolute atomic E-state index is 0.0288. The van der Waals surface area contributed by atoms with E-state index in [0.29, 0.717) is 80.8 Å². The first-order valence-electron chi connectivity index (χ1n) is 33.0. The van der Waals surface area contributed by atoms with E-state index >= 15 is 0 Å². The molecule has 2 bridgehead atoms. The summed E-state index contributed by atoms with van der Waals surface area (Å²) < 4.78 is 114. The number of fused-ring (bicyclic) bond motifs is 1. The van der Waals surface area contributed by atoms with Gasteiger partial charge in [-0.15, -0.1) is 11.8 Å². The van der Waals surface area contributed by atoms with Crippen molar-refractivity contribution in [3.05, 3.63) is 124 Å². The van der Waals surface area contributed by atoms with Gasteiger partial charge in [-0.3, -0.25) is 39.1 Å². The zero-order valence-electron chi connectivity index (χ0n) is 55.2. The van der Waals surface area contributed by atoms with Crippen LogP contribution in [0.15, 0.2) is 117 Å². The Hall–Kier alpha value is -6.88. The van der Waals surface area contributed by atoms with Gasteiger partial charge < -0.3 is 35.5 Å². The molecule has 0 radical (unpaired) electrons. The first-order chi connectivity index (χ1) is 45.5. The Morgan fingerprint density at radius 3 is 2.18 bits per heavy atom. The number of likely N-dealkylation sites (tertiary alicyclic amines) is 1. The van der Waals surface area contributed by atoms with Crippen molar-refractivity contribution >= 4 is 78.6 Å². The molecular formula is C69H89F3N8O13S3. The van der Waals surface area contributed by atoms with Crippen LogP contribution in [0.2, 0.25) is 0 Å². The lowest BCUT2D eigenvalue weighted by Crippen LogP contribution is -2.61. The molecule has 3 heterocycles. The summed E-state index contributed by atoms with van der Waals surface area (Å²) in [5.74, 6) is -3.10. The van der Waals surface area contributed by atoms with Crippen LogP contribution in [0.1, 0.15) is 148 Å². The van der Waals surface area contributed by atoms with Gasteiger partial charge in [-0.2, -0.15) is 13.2 Å². The van der Waals surface area contributed by atoms with E-state index in [1.54, 1.807) is 22.9 Å². The molecule has 4 aliphatic carbocycles. The number of sulfonamides is 1. The molecule has 7 aliphatic rings. The van der Waals surface area contributed by atoms with Gasteiger partial charge in [-0.25, -0.2) is 26.4 Å². The largest absolute Gasteiger partial charge is 0.501 e. The zero-order valence-corrected chi connectivity index (χ0v) is 57.6. The topological polar surface area (TPSA) is 282 Å². The Morgan fingerprint density at radius 1 is 0.833 bits per heavy atom. The van der Waals surface area contributed by atoms with Gasteiger partial charge in [0.2, 0.25) is 11.8 Å². The number of benzene rings is 4. The molecule has 1 unspecified atom stereocenters. The number of rotatable bonds is 29. The van der Waals surface area contributed by atoms with Gasteiger partial charge in [0, 0.05) is 73.7 Å². The highest BCUT2D eigenvalue weighted by Crippen LogP contribution is 2.77. The van der Waals surface area contributed by atoms with Crippen molar-refractivity contribution in [2.75, 3.05) is 89.0 Å². The molecular weight excluding hydrogens is 1300 g/mol. The van der Waals surface area contributed by atoms with E-state index in [4.69, 9.17) is 19.9 Å². The molecule has 4 aromatic rings. The lowest BCUT2D eigenvalue weighted by Gasteiger charge is -2.72. The number of alkyl halides is 3. The zero-order chi connectivity index (χ0) is 69.2. The van der Waals surface area contributed by atoms with Crippen LogP contribution >= 0.6 is 11.8 Å². The maximum Gasteiger partial charge on any atom is 0.501 e. The number of piperidine rings is 2. The number of thioether (sulfide) groups is 1. The molecule has 11 rings (SSSR count). The summed E-state index contributed by atoms with van der Waals surface area (Å²) in [4.78, 5) is 80.0. The lowest BCUT2D eigenvalue weighted by molar-refractivity contribution is -0.167. The number of nitrogens with zero attached hydrogens (tertiary/aromatic N) is 3. The Balaban J connectivity index is 0.000000457. The molecule has 3 saturated carbocycles. The molecule has 2 atom stereocenters. The summed E-state index contributed by atoms with van der Waals surface area (Å²) in [6, 6.07) is 19.8. The van der Waals surface area contributed by atoms with Crippen molar-refractivity contribution in [3.63, 3.8) is 0 Å². The number of amides is 6. The average Bonchev–Trinajstić information content (AvgIpc) is 1.04. The minimum Gasteiger partial charge on any atom is -0.446 e. The number of aryl methyl sites for hydroxylation is 1. The first kappa shape index (κ1) is 73.4. The molecule has 96 heavy (non-hydrogen) atoms. The summed E-state index contributed by atoms with van der Waals surface area (Å²) in [7, 11) is -11.0. The molecule has 6 N–H and O–H groups in total. The number of allylic oxidation sites excluding steroid dienone is 1. The fourth-order valence-electron chi connectivity index (χ4n) is 14.0. The summed E-state index contributed by atoms with van der Waals surface area (Å²) in [5, 5.41) is 7.79. The van der Waals surface area contributed by atoms with Gasteiger partial charge in [-0.05, 0) is 173 Å². The Labute approximate surface area is 564 Å². The molecule has 27 heteroatoms. The van der Waals surface area contributed by atoms with Crippen LogP contribution < -0.4 is 26.4 Å². The second kappa shape index (κ2) is 31.3. The van der Waals surface area contributed by atoms with E-state index in [9.17, 15) is 58.8 Å². The number of carbonyl (C=O) groups excluding carboxylic acids is 6. The third kappa shape index (κ3) is 18.1. The molecule has 6 amide bonds. The molecule has 522 valence electrons. The van der Waals surface area contributed by atoms with Crippen LogP contribution in [-0.4, -0.2) is 169 Å². The third-order valence-electron chi connectivity index (χ3n) is 19.0. The van der Waals surface area contributed by atoms with E-state index in [2.05, 4.69) is 60.4 Å². The van der Waals surface area contributed by atoms with Crippen molar-refractivity contribution in [1.29, 1.82) is 0 Å². The monoisotopic (exact) mass is 1390 g/mol. The molecule has 0 aromatic heterocycles. The molecule has 0 spiro atoms. The quantitative estimate of drug-likeness (QED) is 0.0111. The second-order valence-corrected chi connectivity index (χ2v) is 31.6. The number of sulfone groups is 1. The second-order valence-electron chi connectivity index (χ2n) is 26.9. The molecule has 2 saturated heterocycles. The SMILES string of the molecule is CCN(CC)CC1=C(C23CC(C)(C2)C3)CC(C)(C)CC1.Nc1ccc(C(=O)NS(=O)(=O)c2ccc(N[C@H](CCN3CCC(OC(=O)NCCOCCOCCCc4cccc5c4C(=O)N(C4CCC(=O)NC4=O)C5=O)CC3)CSc3ccccc3)c(S(=O)(=O)C(F)(F)F)c2)cc1. The van der Waals surface area contributed by atoms with Crippen molar-refractivity contribution in [2.45, 2.75) is 156 Å². The predicted octanol–water partition coefficient (Wildman–Crippen LogP) is 9.93. The van der Waals surface area contributed by atoms with Crippen LogP contribution in [0.25, 0.3) is 0 Å². The number of hydrogen-bond donors (Lipinski definition) is 5. The van der Waals surface area contributed by atoms with Gasteiger partial charge in [0.05, 0.1) is 41.5 Å². The number of ether oxygens (including phenoxy) is 3. The van der Waals surface area contributed by atoms with Crippen LogP contribution in [0.5, 0.6) is 0 Å². The van der Waals surface area contributed by atoms with Crippen molar-refractivity contribution in [3.8, 4) is 0 Å². The molecule has 5 fully saturated rings. The van der Waals surface area contributed by atoms with E-state index < -0.39 is 94.7 Å². The van der Waals surface area contributed by atoms with E-state index in [1.165, 1.54) is 94.2 Å². The Morgan fingerprint density at radius 2 is 1.52 bits per heavy atom. The van der Waals surface area contributed by atoms with E-state index in [0.717, 1.165) is 27.3 Å². The molecule has 3 aliphatic heterocycles. The highest BCUT2D eigenvalue weighted by molar-refractivity contribution is 7.99. The number of carbonyl (C=O) groups is 6. The number of imide groups is 2. The summed E-state index contributed by atoms with van der Waals surface area (Å²) in [5.41, 5.74) is 6.29. The number of nitrogens with one attached hydrogen (secondary N) is 4. The van der Waals surface area contributed by atoms with Crippen LogP contribution in [0.4, 0.5) is 29.3 Å². The first-order valence-corrected chi connectivity index (χ1v) is 36.9. The Kier molecular flexibility index (Phi) is 23.9. The van der Waals surface area contributed by atoms with Gasteiger partial charge in [0.15, 0.2) is 0 Å². The molecule has 4 aromatic carbocycles. The maximum atomic E-state index is 14.2. The van der Waals surface area contributed by atoms with Gasteiger partial charge in [-0.1, -0.05) is 76.1 Å². The number of anilines is 2.